The van der Waals surface area contributed by atoms with Gasteiger partial charge in [-0.05, 0) is 17.7 Å². The molecule has 0 spiro atoms. The van der Waals surface area contributed by atoms with Crippen LogP contribution in [0.4, 0.5) is 0 Å². The molecule has 0 bridgehead atoms. The molecule has 3 aromatic heterocycles. The Balaban J connectivity index is 1.86. The molecule has 4 aromatic rings. The first-order chi connectivity index (χ1) is 13.6. The molecule has 7 heteroatoms. The summed E-state index contributed by atoms with van der Waals surface area (Å²) in [7, 11) is 0. The van der Waals surface area contributed by atoms with Crippen molar-refractivity contribution in [2.45, 2.75) is 6.92 Å². The van der Waals surface area contributed by atoms with Crippen LogP contribution in [0.1, 0.15) is 18.1 Å². The Kier molecular flexibility index (Phi) is 4.82. The van der Waals surface area contributed by atoms with Crippen LogP contribution in [0.25, 0.3) is 27.6 Å². The molecular formula is C21H15N3O3S. The molecule has 0 aliphatic carbocycles. The molecule has 4 rings (SSSR count). The van der Waals surface area contributed by atoms with E-state index in [4.69, 9.17) is 4.74 Å². The van der Waals surface area contributed by atoms with Crippen LogP contribution in [0.3, 0.4) is 0 Å². The molecule has 0 unspecified atom stereocenters. The third kappa shape index (κ3) is 3.60. The lowest BCUT2D eigenvalue weighted by atomic mass is 10.2. The van der Waals surface area contributed by atoms with Gasteiger partial charge in [0, 0.05) is 30.4 Å². The Labute approximate surface area is 164 Å². The summed E-state index contributed by atoms with van der Waals surface area (Å²) in [5, 5.41) is 5.12. The predicted octanol–water partition coefficient (Wildman–Crippen LogP) is 3.91. The van der Waals surface area contributed by atoms with E-state index in [0.717, 1.165) is 11.1 Å². The number of fused-ring (bicyclic) bond motifs is 1. The molecule has 0 N–H and O–H groups in total. The molecule has 0 saturated carbocycles. The van der Waals surface area contributed by atoms with Crippen molar-refractivity contribution in [1.82, 2.24) is 14.6 Å². The minimum Gasteiger partial charge on any atom is -0.420 e. The molecule has 0 amide bonds. The molecule has 0 aliphatic rings. The first-order valence-corrected chi connectivity index (χ1v) is 9.32. The molecule has 0 aliphatic heterocycles. The van der Waals surface area contributed by atoms with E-state index in [9.17, 15) is 9.59 Å². The number of carbonyl (C=O) groups excluding carboxylic acids is 1. The number of rotatable bonds is 4. The van der Waals surface area contributed by atoms with Crippen LogP contribution in [-0.4, -0.2) is 20.6 Å². The third-order valence-corrected chi connectivity index (χ3v) is 4.95. The largest absolute Gasteiger partial charge is 0.420 e. The maximum absolute atomic E-state index is 12.9. The van der Waals surface area contributed by atoms with Crippen LogP contribution in [0, 0.1) is 0 Å². The molecule has 0 atom stereocenters. The fourth-order valence-electron chi connectivity index (χ4n) is 2.69. The second-order valence-electron chi connectivity index (χ2n) is 5.97. The average molecular weight is 389 g/mol. The zero-order chi connectivity index (χ0) is 19.5. The van der Waals surface area contributed by atoms with Crippen molar-refractivity contribution in [1.29, 1.82) is 0 Å². The van der Waals surface area contributed by atoms with Gasteiger partial charge in [-0.2, -0.15) is 9.61 Å². The lowest BCUT2D eigenvalue weighted by Crippen LogP contribution is -2.20. The Morgan fingerprint density at radius 2 is 1.96 bits per heavy atom. The summed E-state index contributed by atoms with van der Waals surface area (Å²) in [6.45, 7) is 1.26. The van der Waals surface area contributed by atoms with Crippen molar-refractivity contribution >= 4 is 34.3 Å². The van der Waals surface area contributed by atoms with Gasteiger partial charge in [0.15, 0.2) is 0 Å². The zero-order valence-electron chi connectivity index (χ0n) is 14.9. The number of hydrogen-bond acceptors (Lipinski definition) is 6. The Bertz CT molecular complexity index is 1230. The number of ether oxygens (including phenoxy) is 1. The van der Waals surface area contributed by atoms with E-state index < -0.39 is 11.5 Å². The fraction of sp³-hybridized carbons (Fsp3) is 0.0476. The van der Waals surface area contributed by atoms with E-state index in [1.165, 1.54) is 22.8 Å². The van der Waals surface area contributed by atoms with Crippen molar-refractivity contribution in [3.63, 3.8) is 0 Å². The molecule has 0 saturated heterocycles. The Morgan fingerprint density at radius 3 is 2.68 bits per heavy atom. The fourth-order valence-corrected chi connectivity index (χ4v) is 3.66. The lowest BCUT2D eigenvalue weighted by Gasteiger charge is -2.05. The van der Waals surface area contributed by atoms with Gasteiger partial charge in [0.2, 0.25) is 5.75 Å². The first-order valence-electron chi connectivity index (χ1n) is 8.50. The van der Waals surface area contributed by atoms with E-state index in [1.54, 1.807) is 24.5 Å². The van der Waals surface area contributed by atoms with Crippen LogP contribution in [0.15, 0.2) is 65.7 Å². The van der Waals surface area contributed by atoms with Gasteiger partial charge in [-0.15, -0.1) is 0 Å². The second-order valence-corrected chi connectivity index (χ2v) is 6.98. The maximum Gasteiger partial charge on any atom is 0.315 e. The number of benzene rings is 1. The Hall–Kier alpha value is -3.58. The van der Waals surface area contributed by atoms with Crippen LogP contribution >= 0.6 is 11.3 Å². The number of nitrogens with zero attached hydrogens (tertiary/aromatic N) is 3. The summed E-state index contributed by atoms with van der Waals surface area (Å²) in [6.07, 6.45) is 6.93. The highest BCUT2D eigenvalue weighted by molar-refractivity contribution is 7.20. The van der Waals surface area contributed by atoms with Gasteiger partial charge in [0.25, 0.3) is 0 Å². The SMILES string of the molecule is CC(=O)Oc1c(C=Cc2cccnc2)cc2sc(-c3ccccc3)nn2c1=O. The van der Waals surface area contributed by atoms with Crippen molar-refractivity contribution in [2.24, 2.45) is 0 Å². The molecule has 3 heterocycles. The van der Waals surface area contributed by atoms with Gasteiger partial charge in [0.1, 0.15) is 9.84 Å². The van der Waals surface area contributed by atoms with Gasteiger partial charge in [-0.1, -0.05) is 59.9 Å². The van der Waals surface area contributed by atoms with Gasteiger partial charge in [-0.3, -0.25) is 14.6 Å². The molecule has 1 aromatic carbocycles. The third-order valence-electron chi connectivity index (χ3n) is 3.93. The highest BCUT2D eigenvalue weighted by Gasteiger charge is 2.16. The number of esters is 1. The first kappa shape index (κ1) is 17.8. The maximum atomic E-state index is 12.9. The van der Waals surface area contributed by atoms with E-state index in [2.05, 4.69) is 10.1 Å². The highest BCUT2D eigenvalue weighted by Crippen LogP contribution is 2.28. The molecule has 28 heavy (non-hydrogen) atoms. The van der Waals surface area contributed by atoms with Crippen LogP contribution in [0.5, 0.6) is 5.75 Å². The number of hydrogen-bond donors (Lipinski definition) is 0. The van der Waals surface area contributed by atoms with Gasteiger partial charge < -0.3 is 4.74 Å². The summed E-state index contributed by atoms with van der Waals surface area (Å²) in [5.74, 6) is -0.610. The van der Waals surface area contributed by atoms with Gasteiger partial charge >= 0.3 is 11.5 Å². The number of aromatic nitrogens is 3. The zero-order valence-corrected chi connectivity index (χ0v) is 15.7. The highest BCUT2D eigenvalue weighted by atomic mass is 32.1. The van der Waals surface area contributed by atoms with E-state index in [0.29, 0.717) is 15.4 Å². The van der Waals surface area contributed by atoms with E-state index >= 15 is 0 Å². The minimum absolute atomic E-state index is 0.0462. The van der Waals surface area contributed by atoms with Crippen molar-refractivity contribution in [3.8, 4) is 16.3 Å². The van der Waals surface area contributed by atoms with Crippen molar-refractivity contribution in [2.75, 3.05) is 0 Å². The topological polar surface area (TPSA) is 73.6 Å². The second kappa shape index (κ2) is 7.58. The van der Waals surface area contributed by atoms with Gasteiger partial charge in [0.05, 0.1) is 0 Å². The van der Waals surface area contributed by atoms with Crippen molar-refractivity contribution in [3.05, 3.63) is 82.4 Å². The lowest BCUT2D eigenvalue weighted by molar-refractivity contribution is -0.132. The van der Waals surface area contributed by atoms with Crippen LogP contribution < -0.4 is 10.3 Å². The normalized spacial score (nSPS) is 11.2. The monoisotopic (exact) mass is 389 g/mol. The van der Waals surface area contributed by atoms with Gasteiger partial charge in [-0.25, -0.2) is 0 Å². The van der Waals surface area contributed by atoms with E-state index in [-0.39, 0.29) is 5.75 Å². The predicted molar refractivity (Wildman–Crippen MR) is 109 cm³/mol. The summed E-state index contributed by atoms with van der Waals surface area (Å²) >= 11 is 1.39. The molecule has 0 radical (unpaired) electrons. The van der Waals surface area contributed by atoms with Crippen LogP contribution in [-0.2, 0) is 4.79 Å². The summed E-state index contributed by atoms with van der Waals surface area (Å²) in [6, 6.07) is 15.1. The summed E-state index contributed by atoms with van der Waals surface area (Å²) in [5.41, 5.74) is 1.81. The Morgan fingerprint density at radius 1 is 1.14 bits per heavy atom. The standard InChI is InChI=1S/C21H15N3O3S/c1-14(25)27-19-17(10-9-15-6-5-11-22-13-15)12-18-24(21(19)26)23-20(28-18)16-7-3-2-4-8-16/h2-13H,1H3. The number of carbonyl (C=O) groups is 1. The number of pyridine rings is 2. The molecule has 0 fully saturated rings. The molecule has 138 valence electrons. The summed E-state index contributed by atoms with van der Waals surface area (Å²) < 4.78 is 6.48. The van der Waals surface area contributed by atoms with E-state index in [1.807, 2.05) is 48.5 Å². The smallest absolute Gasteiger partial charge is 0.315 e. The molecular weight excluding hydrogens is 374 g/mol. The minimum atomic E-state index is -0.563. The summed E-state index contributed by atoms with van der Waals surface area (Å²) in [4.78, 5) is 29.2. The molecule has 6 nitrogen and oxygen atoms in total. The van der Waals surface area contributed by atoms with Crippen LogP contribution in [0.2, 0.25) is 0 Å². The quantitative estimate of drug-likeness (QED) is 0.495. The average Bonchev–Trinajstić information content (AvgIpc) is 3.14. The van der Waals surface area contributed by atoms with Crippen molar-refractivity contribution < 1.29 is 9.53 Å².